The van der Waals surface area contributed by atoms with Gasteiger partial charge in [-0.05, 0) is 17.7 Å². The topological polar surface area (TPSA) is 87.1 Å². The van der Waals surface area contributed by atoms with E-state index in [1.54, 1.807) is 12.1 Å². The maximum atomic E-state index is 11.6. The number of aromatic hydroxyl groups is 1. The number of aliphatic carboxylic acids is 1. The van der Waals surface area contributed by atoms with Crippen LogP contribution in [0.3, 0.4) is 0 Å². The molecule has 0 spiro atoms. The second-order valence-electron chi connectivity index (χ2n) is 4.08. The Morgan fingerprint density at radius 1 is 1.39 bits per heavy atom. The van der Waals surface area contributed by atoms with Gasteiger partial charge in [-0.1, -0.05) is 12.1 Å². The Morgan fingerprint density at radius 3 is 2.67 bits per heavy atom. The fraction of sp³-hybridized carbons (Fsp3) is 0.333. The van der Waals surface area contributed by atoms with E-state index in [-0.39, 0.29) is 24.8 Å². The fourth-order valence-electron chi connectivity index (χ4n) is 1.74. The lowest BCUT2D eigenvalue weighted by molar-refractivity contribution is -0.165. The van der Waals surface area contributed by atoms with Crippen molar-refractivity contribution in [1.82, 2.24) is 4.90 Å². The number of carbonyl (C=O) groups excluding carboxylic acids is 1. The molecule has 0 bridgehead atoms. The molecule has 2 rings (SSSR count). The third-order valence-electron chi connectivity index (χ3n) is 2.73. The Hall–Kier alpha value is -2.08. The summed E-state index contributed by atoms with van der Waals surface area (Å²) in [5, 5.41) is 18.0. The number of benzene rings is 1. The van der Waals surface area contributed by atoms with Crippen LogP contribution in [0.4, 0.5) is 0 Å². The first-order chi connectivity index (χ1) is 8.56. The summed E-state index contributed by atoms with van der Waals surface area (Å²) in [5.74, 6) is -1.16. The van der Waals surface area contributed by atoms with Gasteiger partial charge < -0.3 is 19.8 Å². The van der Waals surface area contributed by atoms with E-state index in [4.69, 9.17) is 14.9 Å². The Balaban J connectivity index is 2.04. The molecule has 1 aliphatic heterocycles. The molecule has 0 saturated carbocycles. The molecule has 1 heterocycles. The van der Waals surface area contributed by atoms with Gasteiger partial charge in [0.15, 0.2) is 6.10 Å². The maximum Gasteiger partial charge on any atom is 0.334 e. The third kappa shape index (κ3) is 2.78. The standard InChI is InChI=1S/C12H13NO5/c14-9-3-1-8(2-4-9)5-13-6-10(12(16)17)18-7-11(13)15/h1-4,10,14H,5-7H2,(H,16,17). The highest BCUT2D eigenvalue weighted by atomic mass is 16.5. The predicted octanol–water partition coefficient (Wildman–Crippen LogP) is 0.204. The van der Waals surface area contributed by atoms with Crippen LogP contribution < -0.4 is 0 Å². The molecule has 1 atom stereocenters. The largest absolute Gasteiger partial charge is 0.508 e. The average Bonchev–Trinajstić information content (AvgIpc) is 2.34. The molecule has 1 aromatic rings. The maximum absolute atomic E-state index is 11.6. The monoisotopic (exact) mass is 251 g/mol. The summed E-state index contributed by atoms with van der Waals surface area (Å²) in [5.41, 5.74) is 0.826. The molecule has 1 aromatic carbocycles. The summed E-state index contributed by atoms with van der Waals surface area (Å²) >= 11 is 0. The average molecular weight is 251 g/mol. The van der Waals surface area contributed by atoms with Gasteiger partial charge in [-0.25, -0.2) is 4.79 Å². The molecule has 0 radical (unpaired) electrons. The Kier molecular flexibility index (Phi) is 3.47. The molecule has 2 N–H and O–H groups in total. The van der Waals surface area contributed by atoms with Gasteiger partial charge in [0, 0.05) is 6.54 Å². The van der Waals surface area contributed by atoms with Crippen LogP contribution in [0.25, 0.3) is 0 Å². The predicted molar refractivity (Wildman–Crippen MR) is 60.9 cm³/mol. The van der Waals surface area contributed by atoms with E-state index < -0.39 is 12.1 Å². The molecule has 18 heavy (non-hydrogen) atoms. The van der Waals surface area contributed by atoms with Crippen LogP contribution in [0.5, 0.6) is 5.75 Å². The Morgan fingerprint density at radius 2 is 2.06 bits per heavy atom. The Labute approximate surface area is 103 Å². The number of morpholine rings is 1. The number of carboxylic acid groups (broad SMARTS) is 1. The van der Waals surface area contributed by atoms with Crippen LogP contribution in [-0.4, -0.2) is 46.2 Å². The van der Waals surface area contributed by atoms with Gasteiger partial charge in [-0.15, -0.1) is 0 Å². The molecular weight excluding hydrogens is 238 g/mol. The molecule has 1 unspecified atom stereocenters. The third-order valence-corrected chi connectivity index (χ3v) is 2.73. The van der Waals surface area contributed by atoms with E-state index in [2.05, 4.69) is 0 Å². The molecule has 1 amide bonds. The lowest BCUT2D eigenvalue weighted by Gasteiger charge is -2.30. The van der Waals surface area contributed by atoms with E-state index in [0.29, 0.717) is 6.54 Å². The number of carbonyl (C=O) groups is 2. The first-order valence-electron chi connectivity index (χ1n) is 5.46. The van der Waals surface area contributed by atoms with Crippen molar-refractivity contribution in [2.24, 2.45) is 0 Å². The minimum absolute atomic E-state index is 0.0367. The van der Waals surface area contributed by atoms with Gasteiger partial charge in [0.25, 0.3) is 0 Å². The summed E-state index contributed by atoms with van der Waals surface area (Å²) < 4.78 is 4.91. The molecule has 1 fully saturated rings. The van der Waals surface area contributed by atoms with E-state index in [9.17, 15) is 9.59 Å². The lowest BCUT2D eigenvalue weighted by atomic mass is 10.2. The molecule has 1 saturated heterocycles. The van der Waals surface area contributed by atoms with Crippen molar-refractivity contribution in [2.45, 2.75) is 12.6 Å². The number of hydrogen-bond acceptors (Lipinski definition) is 4. The van der Waals surface area contributed by atoms with Crippen LogP contribution >= 0.6 is 0 Å². The number of ether oxygens (including phenoxy) is 1. The lowest BCUT2D eigenvalue weighted by Crippen LogP contribution is -2.49. The molecule has 96 valence electrons. The van der Waals surface area contributed by atoms with Crippen LogP contribution in [0.15, 0.2) is 24.3 Å². The first-order valence-corrected chi connectivity index (χ1v) is 5.46. The van der Waals surface area contributed by atoms with Crippen molar-refractivity contribution in [2.75, 3.05) is 13.2 Å². The highest BCUT2D eigenvalue weighted by Gasteiger charge is 2.30. The molecule has 1 aliphatic rings. The van der Waals surface area contributed by atoms with Crippen molar-refractivity contribution < 1.29 is 24.5 Å². The highest BCUT2D eigenvalue weighted by Crippen LogP contribution is 2.14. The minimum Gasteiger partial charge on any atom is -0.508 e. The number of phenols is 1. The van der Waals surface area contributed by atoms with E-state index >= 15 is 0 Å². The zero-order chi connectivity index (χ0) is 13.1. The second kappa shape index (κ2) is 5.05. The number of carboxylic acids is 1. The van der Waals surface area contributed by atoms with E-state index in [1.807, 2.05) is 0 Å². The smallest absolute Gasteiger partial charge is 0.334 e. The number of amides is 1. The Bertz CT molecular complexity index is 456. The normalized spacial score (nSPS) is 19.9. The molecule has 6 nitrogen and oxygen atoms in total. The van der Waals surface area contributed by atoms with Crippen molar-refractivity contribution in [3.05, 3.63) is 29.8 Å². The summed E-state index contributed by atoms with van der Waals surface area (Å²) in [6.45, 7) is 0.135. The minimum atomic E-state index is -1.07. The molecule has 0 aliphatic carbocycles. The molecular formula is C12H13NO5. The number of phenolic OH excluding ortho intramolecular Hbond substituents is 1. The first kappa shape index (κ1) is 12.4. The van der Waals surface area contributed by atoms with Crippen molar-refractivity contribution in [3.63, 3.8) is 0 Å². The van der Waals surface area contributed by atoms with Gasteiger partial charge >= 0.3 is 5.97 Å². The summed E-state index contributed by atoms with van der Waals surface area (Å²) in [7, 11) is 0. The van der Waals surface area contributed by atoms with Crippen LogP contribution in [0.2, 0.25) is 0 Å². The van der Waals surface area contributed by atoms with Gasteiger partial charge in [-0.3, -0.25) is 4.79 Å². The van der Waals surface area contributed by atoms with Gasteiger partial charge in [0.2, 0.25) is 5.91 Å². The zero-order valence-corrected chi connectivity index (χ0v) is 9.57. The van der Waals surface area contributed by atoms with Crippen molar-refractivity contribution in [1.29, 1.82) is 0 Å². The molecule has 6 heteroatoms. The van der Waals surface area contributed by atoms with E-state index in [0.717, 1.165) is 5.56 Å². The second-order valence-corrected chi connectivity index (χ2v) is 4.08. The SMILES string of the molecule is O=C(O)C1CN(Cc2ccc(O)cc2)C(=O)CO1. The highest BCUT2D eigenvalue weighted by molar-refractivity contribution is 5.81. The zero-order valence-electron chi connectivity index (χ0n) is 9.57. The van der Waals surface area contributed by atoms with Crippen molar-refractivity contribution in [3.8, 4) is 5.75 Å². The van der Waals surface area contributed by atoms with Gasteiger partial charge in [0.1, 0.15) is 12.4 Å². The molecule has 0 aromatic heterocycles. The number of hydrogen-bond donors (Lipinski definition) is 2. The van der Waals surface area contributed by atoms with Gasteiger partial charge in [-0.2, -0.15) is 0 Å². The van der Waals surface area contributed by atoms with Crippen LogP contribution in [-0.2, 0) is 20.9 Å². The number of rotatable bonds is 3. The number of nitrogens with zero attached hydrogens (tertiary/aromatic N) is 1. The summed E-state index contributed by atoms with van der Waals surface area (Å²) in [4.78, 5) is 23.8. The van der Waals surface area contributed by atoms with Crippen molar-refractivity contribution >= 4 is 11.9 Å². The van der Waals surface area contributed by atoms with E-state index in [1.165, 1.54) is 17.0 Å². The van der Waals surface area contributed by atoms with Gasteiger partial charge in [0.05, 0.1) is 6.54 Å². The quantitative estimate of drug-likeness (QED) is 0.801. The van der Waals surface area contributed by atoms with Crippen LogP contribution in [0, 0.1) is 0 Å². The fourth-order valence-corrected chi connectivity index (χ4v) is 1.74. The summed E-state index contributed by atoms with van der Waals surface area (Å²) in [6.07, 6.45) is -0.972. The summed E-state index contributed by atoms with van der Waals surface area (Å²) in [6, 6.07) is 6.42. The van der Waals surface area contributed by atoms with Crippen LogP contribution in [0.1, 0.15) is 5.56 Å².